The van der Waals surface area contributed by atoms with Gasteiger partial charge < -0.3 is 5.32 Å². The first-order valence-corrected chi connectivity index (χ1v) is 9.86. The van der Waals surface area contributed by atoms with Crippen LogP contribution in [0.1, 0.15) is 53.7 Å². The van der Waals surface area contributed by atoms with Gasteiger partial charge in [0.05, 0.1) is 10.0 Å². The maximum absolute atomic E-state index is 12.5. The Balaban J connectivity index is 1.89. The highest BCUT2D eigenvalue weighted by atomic mass is 79.9. The lowest BCUT2D eigenvalue weighted by Gasteiger charge is -2.33. The van der Waals surface area contributed by atoms with E-state index in [1.165, 1.54) is 16.2 Å². The third kappa shape index (κ3) is 3.51. The van der Waals surface area contributed by atoms with E-state index in [2.05, 4.69) is 53.2 Å². The normalized spacial score (nSPS) is 17.0. The van der Waals surface area contributed by atoms with E-state index in [0.717, 1.165) is 24.8 Å². The monoisotopic (exact) mass is 420 g/mol. The smallest absolute Gasteiger partial charge is 0.277 e. The molecule has 1 amide bonds. The lowest BCUT2D eigenvalue weighted by atomic mass is 9.72. The van der Waals surface area contributed by atoms with Crippen molar-refractivity contribution in [2.24, 2.45) is 18.4 Å². The summed E-state index contributed by atoms with van der Waals surface area (Å²) in [5.41, 5.74) is 2.30. The molecule has 0 aromatic carbocycles. The van der Waals surface area contributed by atoms with Gasteiger partial charge in [-0.2, -0.15) is 10.4 Å². The van der Waals surface area contributed by atoms with Gasteiger partial charge >= 0.3 is 0 Å². The number of aromatic nitrogens is 2. The molecule has 7 heteroatoms. The maximum atomic E-state index is 12.5. The minimum atomic E-state index is -0.296. The molecular formula is C18H21BrN4OS. The van der Waals surface area contributed by atoms with Crippen LogP contribution in [0.5, 0.6) is 0 Å². The Hall–Kier alpha value is -1.65. The fourth-order valence-corrected chi connectivity index (χ4v) is 5.14. The minimum absolute atomic E-state index is 0.247. The van der Waals surface area contributed by atoms with E-state index < -0.39 is 0 Å². The van der Waals surface area contributed by atoms with Crippen molar-refractivity contribution in [3.8, 4) is 6.07 Å². The Bertz CT molecular complexity index is 869. The van der Waals surface area contributed by atoms with Crippen molar-refractivity contribution < 1.29 is 4.79 Å². The second kappa shape index (κ2) is 6.58. The van der Waals surface area contributed by atoms with Crippen molar-refractivity contribution in [1.82, 2.24) is 9.78 Å². The van der Waals surface area contributed by atoms with Gasteiger partial charge in [-0.15, -0.1) is 11.3 Å². The zero-order chi connectivity index (χ0) is 18.4. The van der Waals surface area contributed by atoms with Crippen LogP contribution < -0.4 is 5.32 Å². The number of hydrogen-bond acceptors (Lipinski definition) is 4. The Morgan fingerprint density at radius 3 is 2.80 bits per heavy atom. The van der Waals surface area contributed by atoms with E-state index in [-0.39, 0.29) is 11.3 Å². The van der Waals surface area contributed by atoms with Gasteiger partial charge in [-0.3, -0.25) is 9.48 Å². The SMILES string of the molecule is Cn1cc(Br)c(C(=O)Nc2sc3c(c2C#N)CC[C@@H](C(C)(C)C)C3)n1. The van der Waals surface area contributed by atoms with Crippen LogP contribution in [-0.2, 0) is 19.9 Å². The summed E-state index contributed by atoms with van der Waals surface area (Å²) < 4.78 is 2.22. The van der Waals surface area contributed by atoms with E-state index in [4.69, 9.17) is 0 Å². The molecule has 1 aliphatic rings. The predicted molar refractivity (Wildman–Crippen MR) is 103 cm³/mol. The van der Waals surface area contributed by atoms with Crippen molar-refractivity contribution in [2.75, 3.05) is 5.32 Å². The van der Waals surface area contributed by atoms with E-state index in [0.29, 0.717) is 26.6 Å². The summed E-state index contributed by atoms with van der Waals surface area (Å²) in [5, 5.41) is 17.3. The third-order valence-electron chi connectivity index (χ3n) is 4.83. The molecule has 3 rings (SSSR count). The molecule has 0 spiro atoms. The zero-order valence-electron chi connectivity index (χ0n) is 14.8. The largest absolute Gasteiger partial charge is 0.311 e. The molecule has 5 nitrogen and oxygen atoms in total. The molecule has 1 aliphatic carbocycles. The molecule has 1 N–H and O–H groups in total. The highest BCUT2D eigenvalue weighted by Gasteiger charge is 2.32. The number of nitriles is 1. The fraction of sp³-hybridized carbons (Fsp3) is 0.500. The molecule has 2 heterocycles. The van der Waals surface area contributed by atoms with Crippen LogP contribution in [0, 0.1) is 22.7 Å². The summed E-state index contributed by atoms with van der Waals surface area (Å²) in [6.45, 7) is 6.80. The van der Waals surface area contributed by atoms with Gasteiger partial charge in [-0.25, -0.2) is 0 Å². The number of rotatable bonds is 2. The first-order chi connectivity index (χ1) is 11.7. The number of carbonyl (C=O) groups excluding carboxylic acids is 1. The van der Waals surface area contributed by atoms with Gasteiger partial charge in [-0.05, 0) is 52.1 Å². The standard InChI is InChI=1S/C18H21BrN4OS/c1-18(2,3)10-5-6-11-12(8-20)17(25-14(11)7-10)21-16(24)15-13(19)9-23(4)22-15/h9-10H,5-7H2,1-4H3,(H,21,24)/t10-/m1/s1. The summed E-state index contributed by atoms with van der Waals surface area (Å²) in [6, 6.07) is 2.29. The van der Waals surface area contributed by atoms with E-state index in [1.54, 1.807) is 17.9 Å². The van der Waals surface area contributed by atoms with Crippen molar-refractivity contribution in [1.29, 1.82) is 5.26 Å². The molecule has 132 valence electrons. The lowest BCUT2D eigenvalue weighted by Crippen LogP contribution is -2.26. The number of amides is 1. The third-order valence-corrected chi connectivity index (χ3v) is 6.58. The van der Waals surface area contributed by atoms with Crippen LogP contribution >= 0.6 is 27.3 Å². The van der Waals surface area contributed by atoms with Gasteiger partial charge in [0.2, 0.25) is 0 Å². The Labute approximate surface area is 160 Å². The number of halogens is 1. The topological polar surface area (TPSA) is 70.7 Å². The first kappa shape index (κ1) is 18.2. The number of fused-ring (bicyclic) bond motifs is 1. The Kier molecular flexibility index (Phi) is 4.78. The molecule has 25 heavy (non-hydrogen) atoms. The van der Waals surface area contributed by atoms with Gasteiger partial charge in [0.1, 0.15) is 11.1 Å². The summed E-state index contributed by atoms with van der Waals surface area (Å²) in [6.07, 6.45) is 4.69. The molecular weight excluding hydrogens is 400 g/mol. The van der Waals surface area contributed by atoms with Gasteiger partial charge in [-0.1, -0.05) is 20.8 Å². The van der Waals surface area contributed by atoms with Crippen molar-refractivity contribution in [3.05, 3.63) is 32.4 Å². The number of nitrogens with one attached hydrogen (secondary N) is 1. The van der Waals surface area contributed by atoms with Crippen molar-refractivity contribution in [3.63, 3.8) is 0 Å². The summed E-state index contributed by atoms with van der Waals surface area (Å²) in [5.74, 6) is 0.300. The number of thiophene rings is 1. The predicted octanol–water partition coefficient (Wildman–Crippen LogP) is 4.52. The lowest BCUT2D eigenvalue weighted by molar-refractivity contribution is 0.102. The Morgan fingerprint density at radius 2 is 2.24 bits per heavy atom. The molecule has 0 radical (unpaired) electrons. The molecule has 0 saturated carbocycles. The highest BCUT2D eigenvalue weighted by molar-refractivity contribution is 9.10. The number of hydrogen-bond donors (Lipinski definition) is 1. The molecule has 2 aromatic heterocycles. The van der Waals surface area contributed by atoms with E-state index >= 15 is 0 Å². The molecule has 0 unspecified atom stereocenters. The molecule has 0 saturated heterocycles. The second-order valence-electron chi connectivity index (χ2n) is 7.58. The summed E-state index contributed by atoms with van der Waals surface area (Å²) in [7, 11) is 1.76. The maximum Gasteiger partial charge on any atom is 0.277 e. The van der Waals surface area contributed by atoms with Crippen LogP contribution in [0.4, 0.5) is 5.00 Å². The summed E-state index contributed by atoms with van der Waals surface area (Å²) in [4.78, 5) is 13.8. The van der Waals surface area contributed by atoms with Gasteiger partial charge in [0, 0.05) is 18.1 Å². The van der Waals surface area contributed by atoms with Crippen molar-refractivity contribution >= 4 is 38.2 Å². The van der Waals surface area contributed by atoms with E-state index in [9.17, 15) is 10.1 Å². The molecule has 0 fully saturated rings. The molecule has 0 aliphatic heterocycles. The minimum Gasteiger partial charge on any atom is -0.311 e. The van der Waals surface area contributed by atoms with Crippen molar-refractivity contribution in [2.45, 2.75) is 40.0 Å². The highest BCUT2D eigenvalue weighted by Crippen LogP contribution is 2.44. The number of anilines is 1. The number of nitrogens with zero attached hydrogens (tertiary/aromatic N) is 3. The second-order valence-corrected chi connectivity index (χ2v) is 9.54. The molecule has 0 bridgehead atoms. The van der Waals surface area contributed by atoms with Crippen LogP contribution in [0.3, 0.4) is 0 Å². The molecule has 1 atom stereocenters. The number of aryl methyl sites for hydroxylation is 1. The molecule has 2 aromatic rings. The average Bonchev–Trinajstić information content (AvgIpc) is 3.04. The average molecular weight is 421 g/mol. The van der Waals surface area contributed by atoms with Crippen LogP contribution in [0.25, 0.3) is 0 Å². The van der Waals surface area contributed by atoms with Crippen LogP contribution in [0.2, 0.25) is 0 Å². The number of carbonyl (C=O) groups is 1. The van der Waals surface area contributed by atoms with Crippen LogP contribution in [0.15, 0.2) is 10.7 Å². The van der Waals surface area contributed by atoms with Gasteiger partial charge in [0.25, 0.3) is 5.91 Å². The first-order valence-electron chi connectivity index (χ1n) is 8.25. The van der Waals surface area contributed by atoms with E-state index in [1.807, 2.05) is 0 Å². The Morgan fingerprint density at radius 1 is 1.52 bits per heavy atom. The fourth-order valence-electron chi connectivity index (χ4n) is 3.31. The van der Waals surface area contributed by atoms with Crippen LogP contribution in [-0.4, -0.2) is 15.7 Å². The quantitative estimate of drug-likeness (QED) is 0.775. The van der Waals surface area contributed by atoms with Gasteiger partial charge in [0.15, 0.2) is 5.69 Å². The summed E-state index contributed by atoms with van der Waals surface area (Å²) >= 11 is 4.89. The zero-order valence-corrected chi connectivity index (χ0v) is 17.2.